The van der Waals surface area contributed by atoms with Crippen LogP contribution < -0.4 is 10.6 Å². The minimum Gasteiger partial charge on any atom is -0.350 e. The van der Waals surface area contributed by atoms with Crippen LogP contribution in [0.25, 0.3) is 0 Å². The maximum absolute atomic E-state index is 12.2. The van der Waals surface area contributed by atoms with Crippen molar-refractivity contribution >= 4 is 29.1 Å². The zero-order valence-electron chi connectivity index (χ0n) is 13.7. The molecular formula is C19H17ClN4O. The van der Waals surface area contributed by atoms with E-state index in [2.05, 4.69) is 20.6 Å². The highest BCUT2D eigenvalue weighted by atomic mass is 35.5. The van der Waals surface area contributed by atoms with Crippen molar-refractivity contribution in [3.63, 3.8) is 0 Å². The fraction of sp³-hybridized carbons (Fsp3) is 0.105. The Morgan fingerprint density at radius 3 is 2.56 bits per heavy atom. The second kappa shape index (κ2) is 7.77. The second-order valence-corrected chi connectivity index (χ2v) is 5.97. The van der Waals surface area contributed by atoms with E-state index < -0.39 is 0 Å². The number of carbonyl (C=O) groups excluding carboxylic acids is 1. The molecule has 1 heterocycles. The van der Waals surface area contributed by atoms with Crippen LogP contribution in [0.1, 0.15) is 21.5 Å². The molecule has 0 radical (unpaired) electrons. The molecule has 0 aliphatic heterocycles. The van der Waals surface area contributed by atoms with Gasteiger partial charge in [0.15, 0.2) is 0 Å². The van der Waals surface area contributed by atoms with Gasteiger partial charge in [0.1, 0.15) is 0 Å². The Balaban J connectivity index is 1.61. The summed E-state index contributed by atoms with van der Waals surface area (Å²) in [6.07, 6.45) is 2.99. The molecule has 0 unspecified atom stereocenters. The summed E-state index contributed by atoms with van der Waals surface area (Å²) in [6.45, 7) is 2.48. The maximum atomic E-state index is 12.2. The van der Waals surface area contributed by atoms with E-state index in [4.69, 9.17) is 11.6 Å². The van der Waals surface area contributed by atoms with Crippen molar-refractivity contribution in [2.75, 3.05) is 10.6 Å². The van der Waals surface area contributed by atoms with E-state index in [1.165, 1.54) is 12.4 Å². The van der Waals surface area contributed by atoms with Gasteiger partial charge in [-0.3, -0.25) is 4.79 Å². The van der Waals surface area contributed by atoms with Crippen LogP contribution in [0.5, 0.6) is 0 Å². The SMILES string of the molecule is Cc1cccc(NC(=O)c2cnc(NCc3ccccc3Cl)nc2)c1. The topological polar surface area (TPSA) is 66.9 Å². The zero-order chi connectivity index (χ0) is 17.6. The van der Waals surface area contributed by atoms with Crippen LogP contribution in [-0.2, 0) is 6.54 Å². The smallest absolute Gasteiger partial charge is 0.258 e. The van der Waals surface area contributed by atoms with Crippen molar-refractivity contribution in [3.8, 4) is 0 Å². The van der Waals surface area contributed by atoms with Crippen LogP contribution in [0.4, 0.5) is 11.6 Å². The molecule has 3 aromatic rings. The third kappa shape index (κ3) is 4.55. The van der Waals surface area contributed by atoms with Crippen molar-refractivity contribution in [3.05, 3.63) is 82.6 Å². The van der Waals surface area contributed by atoms with Crippen LogP contribution in [0.2, 0.25) is 5.02 Å². The second-order valence-electron chi connectivity index (χ2n) is 5.56. The largest absolute Gasteiger partial charge is 0.350 e. The number of aromatic nitrogens is 2. The summed E-state index contributed by atoms with van der Waals surface area (Å²) in [7, 11) is 0. The molecule has 126 valence electrons. The van der Waals surface area contributed by atoms with E-state index in [1.54, 1.807) is 0 Å². The van der Waals surface area contributed by atoms with Gasteiger partial charge in [0.2, 0.25) is 5.95 Å². The Labute approximate surface area is 151 Å². The van der Waals surface area contributed by atoms with Crippen LogP contribution >= 0.6 is 11.6 Å². The Bertz CT molecular complexity index is 881. The molecule has 0 atom stereocenters. The molecule has 6 heteroatoms. The molecular weight excluding hydrogens is 336 g/mol. The number of rotatable bonds is 5. The summed E-state index contributed by atoms with van der Waals surface area (Å²) >= 11 is 6.11. The van der Waals surface area contributed by atoms with E-state index in [0.29, 0.717) is 23.1 Å². The number of anilines is 2. The number of carbonyl (C=O) groups is 1. The first kappa shape index (κ1) is 16.9. The Morgan fingerprint density at radius 1 is 1.08 bits per heavy atom. The molecule has 1 amide bonds. The Kier molecular flexibility index (Phi) is 5.26. The molecule has 0 fully saturated rings. The summed E-state index contributed by atoms with van der Waals surface area (Å²) in [5.74, 6) is 0.190. The highest BCUT2D eigenvalue weighted by molar-refractivity contribution is 6.31. The maximum Gasteiger partial charge on any atom is 0.258 e. The quantitative estimate of drug-likeness (QED) is 0.718. The fourth-order valence-electron chi connectivity index (χ4n) is 2.28. The third-order valence-electron chi connectivity index (χ3n) is 3.58. The van der Waals surface area contributed by atoms with E-state index in [-0.39, 0.29) is 5.91 Å². The number of hydrogen-bond acceptors (Lipinski definition) is 4. The molecule has 25 heavy (non-hydrogen) atoms. The number of amides is 1. The first-order chi connectivity index (χ1) is 12.1. The van der Waals surface area contributed by atoms with Gasteiger partial charge in [0, 0.05) is 29.6 Å². The zero-order valence-corrected chi connectivity index (χ0v) is 14.4. The summed E-state index contributed by atoms with van der Waals surface area (Å²) in [6, 6.07) is 15.2. The average Bonchev–Trinajstić information content (AvgIpc) is 2.61. The monoisotopic (exact) mass is 352 g/mol. The minimum atomic E-state index is -0.247. The van der Waals surface area contributed by atoms with Crippen LogP contribution in [0, 0.1) is 6.92 Å². The fourth-order valence-corrected chi connectivity index (χ4v) is 2.48. The highest BCUT2D eigenvalue weighted by Crippen LogP contribution is 2.16. The third-order valence-corrected chi connectivity index (χ3v) is 3.95. The molecule has 0 aliphatic carbocycles. The van der Waals surface area contributed by atoms with Crippen LogP contribution in [0.3, 0.4) is 0 Å². The van der Waals surface area contributed by atoms with Gasteiger partial charge in [-0.05, 0) is 36.2 Å². The van der Waals surface area contributed by atoms with Gasteiger partial charge in [-0.1, -0.05) is 41.9 Å². The number of aryl methyl sites for hydroxylation is 1. The lowest BCUT2D eigenvalue weighted by molar-refractivity contribution is 0.102. The van der Waals surface area contributed by atoms with Crippen molar-refractivity contribution in [2.24, 2.45) is 0 Å². The summed E-state index contributed by atoms with van der Waals surface area (Å²) in [4.78, 5) is 20.6. The normalized spacial score (nSPS) is 10.3. The first-order valence-electron chi connectivity index (χ1n) is 7.79. The molecule has 0 bridgehead atoms. The van der Waals surface area contributed by atoms with Gasteiger partial charge in [-0.15, -0.1) is 0 Å². The minimum absolute atomic E-state index is 0.247. The van der Waals surface area contributed by atoms with Gasteiger partial charge >= 0.3 is 0 Å². The number of nitrogens with one attached hydrogen (secondary N) is 2. The first-order valence-corrected chi connectivity index (χ1v) is 8.17. The van der Waals surface area contributed by atoms with Gasteiger partial charge < -0.3 is 10.6 Å². The molecule has 0 spiro atoms. The lowest BCUT2D eigenvalue weighted by Crippen LogP contribution is -2.13. The summed E-state index contributed by atoms with van der Waals surface area (Å²) in [5.41, 5.74) is 3.16. The summed E-state index contributed by atoms with van der Waals surface area (Å²) < 4.78 is 0. The van der Waals surface area contributed by atoms with E-state index in [1.807, 2.05) is 55.5 Å². The lowest BCUT2D eigenvalue weighted by Gasteiger charge is -2.08. The number of hydrogen-bond donors (Lipinski definition) is 2. The van der Waals surface area contributed by atoms with Crippen molar-refractivity contribution < 1.29 is 4.79 Å². The van der Waals surface area contributed by atoms with E-state index in [0.717, 1.165) is 16.8 Å². The van der Waals surface area contributed by atoms with Crippen molar-refractivity contribution in [2.45, 2.75) is 13.5 Å². The number of halogens is 1. The summed E-state index contributed by atoms with van der Waals surface area (Å²) in [5, 5.41) is 6.60. The standard InChI is InChI=1S/C19H17ClN4O/c1-13-5-4-7-16(9-13)24-18(25)15-11-22-19(23-12-15)21-10-14-6-2-3-8-17(14)20/h2-9,11-12H,10H2,1H3,(H,24,25)(H,21,22,23). The molecule has 0 saturated heterocycles. The molecule has 2 N–H and O–H groups in total. The molecule has 2 aromatic carbocycles. The number of benzene rings is 2. The van der Waals surface area contributed by atoms with Crippen molar-refractivity contribution in [1.82, 2.24) is 9.97 Å². The Hall–Kier alpha value is -2.92. The predicted octanol–water partition coefficient (Wildman–Crippen LogP) is 4.30. The lowest BCUT2D eigenvalue weighted by atomic mass is 10.2. The van der Waals surface area contributed by atoms with Gasteiger partial charge in [0.25, 0.3) is 5.91 Å². The highest BCUT2D eigenvalue weighted by Gasteiger charge is 2.08. The van der Waals surface area contributed by atoms with E-state index in [9.17, 15) is 4.79 Å². The van der Waals surface area contributed by atoms with Crippen LogP contribution in [0.15, 0.2) is 60.9 Å². The van der Waals surface area contributed by atoms with Gasteiger partial charge in [0.05, 0.1) is 5.56 Å². The molecule has 0 aliphatic rings. The van der Waals surface area contributed by atoms with E-state index >= 15 is 0 Å². The van der Waals surface area contributed by atoms with Gasteiger partial charge in [-0.25, -0.2) is 9.97 Å². The van der Waals surface area contributed by atoms with Gasteiger partial charge in [-0.2, -0.15) is 0 Å². The Morgan fingerprint density at radius 2 is 1.84 bits per heavy atom. The predicted molar refractivity (Wildman–Crippen MR) is 99.9 cm³/mol. The molecule has 0 saturated carbocycles. The van der Waals surface area contributed by atoms with Crippen molar-refractivity contribution in [1.29, 1.82) is 0 Å². The van der Waals surface area contributed by atoms with Crippen LogP contribution in [-0.4, -0.2) is 15.9 Å². The molecule has 5 nitrogen and oxygen atoms in total. The average molecular weight is 353 g/mol. The number of nitrogens with zero attached hydrogens (tertiary/aromatic N) is 2. The molecule has 3 rings (SSSR count). The molecule has 1 aromatic heterocycles.